The van der Waals surface area contributed by atoms with E-state index in [2.05, 4.69) is 15.3 Å². The van der Waals surface area contributed by atoms with Gasteiger partial charge >= 0.3 is 0 Å². The number of thioether (sulfide) groups is 2. The first kappa shape index (κ1) is 23.3. The molecule has 0 fully saturated rings. The normalized spacial score (nSPS) is 11.6. The highest BCUT2D eigenvalue weighted by molar-refractivity contribution is 8.16. The zero-order valence-corrected chi connectivity index (χ0v) is 19.8. The number of nitrogens with one attached hydrogen (secondary N) is 1. The molecule has 0 unspecified atom stereocenters. The van der Waals surface area contributed by atoms with E-state index in [4.69, 9.17) is 16.3 Å². The first-order valence-electron chi connectivity index (χ1n) is 9.74. The van der Waals surface area contributed by atoms with Crippen molar-refractivity contribution < 1.29 is 4.74 Å². The zero-order valence-electron chi connectivity index (χ0n) is 17.4. The summed E-state index contributed by atoms with van der Waals surface area (Å²) < 4.78 is 6.14. The molecule has 3 aromatic rings. The maximum Gasteiger partial charge on any atom is 0.174 e. The molecule has 0 atom stereocenters. The summed E-state index contributed by atoms with van der Waals surface area (Å²) in [6.07, 6.45) is 3.80. The summed E-state index contributed by atoms with van der Waals surface area (Å²) in [4.78, 5) is 9.91. The van der Waals surface area contributed by atoms with Gasteiger partial charge in [0.15, 0.2) is 16.7 Å². The fraction of sp³-hybridized carbons (Fsp3) is 0.167. The number of ether oxygens (including phenoxy) is 1. The van der Waals surface area contributed by atoms with Crippen molar-refractivity contribution in [3.8, 4) is 5.75 Å². The van der Waals surface area contributed by atoms with Crippen LogP contribution < -0.4 is 10.1 Å². The number of benzene rings is 2. The van der Waals surface area contributed by atoms with Crippen molar-refractivity contribution in [2.45, 2.75) is 24.2 Å². The number of anilines is 1. The maximum absolute atomic E-state index is 6.29. The molecule has 0 aliphatic carbocycles. The van der Waals surface area contributed by atoms with Gasteiger partial charge in [0, 0.05) is 28.9 Å². The number of allylic oxidation sites excluding steroid dienone is 1. The van der Waals surface area contributed by atoms with Crippen molar-refractivity contribution in [1.29, 1.82) is 0 Å². The van der Waals surface area contributed by atoms with E-state index >= 15 is 0 Å². The second kappa shape index (κ2) is 12.4. The molecule has 0 aliphatic heterocycles. The van der Waals surface area contributed by atoms with Crippen LogP contribution in [0.2, 0.25) is 5.02 Å². The third-order valence-corrected chi connectivity index (χ3v) is 6.46. The summed E-state index contributed by atoms with van der Waals surface area (Å²) in [7, 11) is 1.75. The molecule has 0 amide bonds. The largest absolute Gasteiger partial charge is 0.485 e. The number of rotatable bonds is 8. The van der Waals surface area contributed by atoms with Gasteiger partial charge in [-0.2, -0.15) is 0 Å². The third kappa shape index (κ3) is 7.35. The van der Waals surface area contributed by atoms with Gasteiger partial charge in [-0.15, -0.1) is 11.8 Å². The Morgan fingerprint density at radius 1 is 1.16 bits per heavy atom. The molecule has 7 heteroatoms. The SMILES string of the molecule is C/C=C/SC(=NC)Nc1ncc(SCc2ccccc2Cl)cc1OCc1ccccc1. The highest BCUT2D eigenvalue weighted by atomic mass is 35.5. The summed E-state index contributed by atoms with van der Waals surface area (Å²) in [6, 6.07) is 20.0. The van der Waals surface area contributed by atoms with Crippen LogP contribution in [-0.4, -0.2) is 17.2 Å². The van der Waals surface area contributed by atoms with Crippen molar-refractivity contribution >= 4 is 46.1 Å². The number of aromatic nitrogens is 1. The van der Waals surface area contributed by atoms with Crippen LogP contribution in [0.1, 0.15) is 18.1 Å². The Labute approximate surface area is 197 Å². The second-order valence-electron chi connectivity index (χ2n) is 6.41. The summed E-state index contributed by atoms with van der Waals surface area (Å²) in [5, 5.41) is 6.75. The van der Waals surface area contributed by atoms with Gasteiger partial charge in [0.2, 0.25) is 0 Å². The van der Waals surface area contributed by atoms with Crippen LogP contribution in [0, 0.1) is 0 Å². The fourth-order valence-corrected chi connectivity index (χ4v) is 4.29. The number of pyridine rings is 1. The predicted molar refractivity (Wildman–Crippen MR) is 135 cm³/mol. The van der Waals surface area contributed by atoms with Crippen LogP contribution in [0.25, 0.3) is 0 Å². The molecule has 31 heavy (non-hydrogen) atoms. The molecule has 1 aromatic heterocycles. The molecule has 0 saturated heterocycles. The lowest BCUT2D eigenvalue weighted by molar-refractivity contribution is 0.306. The van der Waals surface area contributed by atoms with E-state index < -0.39 is 0 Å². The zero-order chi connectivity index (χ0) is 21.9. The molecule has 160 valence electrons. The van der Waals surface area contributed by atoms with Gasteiger partial charge in [-0.1, -0.05) is 78.0 Å². The van der Waals surface area contributed by atoms with E-state index in [9.17, 15) is 0 Å². The average Bonchev–Trinajstić information content (AvgIpc) is 2.81. The Bertz CT molecular complexity index is 1040. The Balaban J connectivity index is 1.79. The molecule has 0 aliphatic rings. The van der Waals surface area contributed by atoms with Gasteiger partial charge in [0.05, 0.1) is 0 Å². The molecule has 1 N–H and O–H groups in total. The summed E-state index contributed by atoms with van der Waals surface area (Å²) in [6.45, 7) is 2.42. The molecule has 0 radical (unpaired) electrons. The minimum absolute atomic E-state index is 0.455. The Hall–Kier alpha value is -2.41. The highest BCUT2D eigenvalue weighted by Gasteiger charge is 2.11. The number of amidine groups is 1. The topological polar surface area (TPSA) is 46.5 Å². The Morgan fingerprint density at radius 3 is 2.68 bits per heavy atom. The lowest BCUT2D eigenvalue weighted by atomic mass is 10.2. The number of aliphatic imine (C=N–C) groups is 1. The lowest BCUT2D eigenvalue weighted by Gasteiger charge is -2.14. The minimum atomic E-state index is 0.455. The standard InChI is InChI=1S/C24H24ClN3OS2/c1-3-13-30-24(26-2)28-23-22(29-16-18-9-5-4-6-10-18)14-20(15-27-23)31-17-19-11-7-8-12-21(19)25/h3-15H,16-17H2,1-2H3,(H,26,27,28)/b13-3+. The quantitative estimate of drug-likeness (QED) is 0.213. The first-order chi connectivity index (χ1) is 15.2. The third-order valence-electron chi connectivity index (χ3n) is 4.16. The summed E-state index contributed by atoms with van der Waals surface area (Å²) >= 11 is 9.46. The lowest BCUT2D eigenvalue weighted by Crippen LogP contribution is -2.10. The van der Waals surface area contributed by atoms with Crippen LogP contribution in [0.3, 0.4) is 0 Å². The molecule has 1 heterocycles. The number of hydrogen-bond acceptors (Lipinski definition) is 5. The van der Waals surface area contributed by atoms with Crippen LogP contribution in [0.15, 0.2) is 88.2 Å². The average molecular weight is 470 g/mol. The van der Waals surface area contributed by atoms with E-state index in [0.717, 1.165) is 32.0 Å². The van der Waals surface area contributed by atoms with Gasteiger partial charge < -0.3 is 10.1 Å². The Kier molecular flexibility index (Phi) is 9.34. The van der Waals surface area contributed by atoms with E-state index in [0.29, 0.717) is 18.2 Å². The van der Waals surface area contributed by atoms with E-state index in [1.54, 1.807) is 18.8 Å². The summed E-state index contributed by atoms with van der Waals surface area (Å²) in [5.41, 5.74) is 2.18. The van der Waals surface area contributed by atoms with Gasteiger partial charge in [-0.25, -0.2) is 4.98 Å². The van der Waals surface area contributed by atoms with Crippen molar-refractivity contribution in [2.24, 2.45) is 4.99 Å². The molecular weight excluding hydrogens is 446 g/mol. The van der Waals surface area contributed by atoms with Gasteiger partial charge in [-0.3, -0.25) is 4.99 Å². The van der Waals surface area contributed by atoms with Gasteiger partial charge in [0.1, 0.15) is 6.61 Å². The molecule has 0 saturated carbocycles. The maximum atomic E-state index is 6.29. The molecular formula is C24H24ClN3OS2. The fourth-order valence-electron chi connectivity index (χ4n) is 2.59. The van der Waals surface area contributed by atoms with Gasteiger partial charge in [0.25, 0.3) is 0 Å². The Morgan fingerprint density at radius 2 is 1.94 bits per heavy atom. The van der Waals surface area contributed by atoms with Crippen molar-refractivity contribution in [3.63, 3.8) is 0 Å². The number of halogens is 1. The van der Waals surface area contributed by atoms with E-state index in [1.165, 1.54) is 11.8 Å². The molecule has 0 spiro atoms. The van der Waals surface area contributed by atoms with Crippen molar-refractivity contribution in [1.82, 2.24) is 4.98 Å². The predicted octanol–water partition coefficient (Wildman–Crippen LogP) is 7.27. The van der Waals surface area contributed by atoms with E-state index in [1.807, 2.05) is 85.3 Å². The smallest absolute Gasteiger partial charge is 0.174 e. The molecule has 2 aromatic carbocycles. The van der Waals surface area contributed by atoms with Crippen molar-refractivity contribution in [3.05, 3.63) is 94.5 Å². The monoisotopic (exact) mass is 469 g/mol. The van der Waals surface area contributed by atoms with Crippen LogP contribution in [0.5, 0.6) is 5.75 Å². The number of hydrogen-bond donors (Lipinski definition) is 1. The summed E-state index contributed by atoms with van der Waals surface area (Å²) in [5.74, 6) is 2.07. The number of nitrogens with zero attached hydrogens (tertiary/aromatic N) is 2. The van der Waals surface area contributed by atoms with E-state index in [-0.39, 0.29) is 0 Å². The molecule has 3 rings (SSSR count). The minimum Gasteiger partial charge on any atom is -0.485 e. The van der Waals surface area contributed by atoms with Crippen molar-refractivity contribution in [2.75, 3.05) is 12.4 Å². The molecule has 4 nitrogen and oxygen atoms in total. The van der Waals surface area contributed by atoms with Gasteiger partial charge in [-0.05, 0) is 35.6 Å². The van der Waals surface area contributed by atoms with Crippen LogP contribution in [0.4, 0.5) is 5.82 Å². The highest BCUT2D eigenvalue weighted by Crippen LogP contribution is 2.32. The second-order valence-corrected chi connectivity index (χ2v) is 8.76. The van der Waals surface area contributed by atoms with Crippen LogP contribution >= 0.6 is 35.1 Å². The molecule has 0 bridgehead atoms. The van der Waals surface area contributed by atoms with Crippen LogP contribution in [-0.2, 0) is 12.4 Å². The first-order valence-corrected chi connectivity index (χ1v) is 12.0.